The van der Waals surface area contributed by atoms with E-state index in [2.05, 4.69) is 22.5 Å². The fraction of sp³-hybridized carbons (Fsp3) is 0.889. The number of halogens is 1. The number of aliphatic imine (C=N–C) groups is 1. The fourth-order valence-corrected chi connectivity index (χ4v) is 1.54. The standard InChI is InChI=1S/C9H19N3.HI/c1-4-5-7-6-8(7)12-9(10-2)11-3;/h7-8H,4-6H2,1-3H3,(H2,10,11,12);1H/t7-,8-;/m1./s1. The van der Waals surface area contributed by atoms with Crippen molar-refractivity contribution in [1.29, 1.82) is 0 Å². The highest BCUT2D eigenvalue weighted by Gasteiger charge is 2.36. The van der Waals surface area contributed by atoms with E-state index in [1.54, 1.807) is 7.05 Å². The van der Waals surface area contributed by atoms with Gasteiger partial charge in [0, 0.05) is 20.1 Å². The predicted molar refractivity (Wildman–Crippen MR) is 67.8 cm³/mol. The molecular weight excluding hydrogens is 277 g/mol. The van der Waals surface area contributed by atoms with Crippen LogP contribution in [0, 0.1) is 5.92 Å². The minimum Gasteiger partial charge on any atom is -0.359 e. The molecule has 0 saturated heterocycles. The highest BCUT2D eigenvalue weighted by Crippen LogP contribution is 2.34. The summed E-state index contributed by atoms with van der Waals surface area (Å²) in [4.78, 5) is 4.08. The summed E-state index contributed by atoms with van der Waals surface area (Å²) in [7, 11) is 3.70. The molecule has 0 aromatic carbocycles. The Morgan fingerprint density at radius 1 is 1.54 bits per heavy atom. The molecule has 2 atom stereocenters. The molecule has 0 aromatic rings. The van der Waals surface area contributed by atoms with E-state index in [0.29, 0.717) is 6.04 Å². The zero-order valence-electron chi connectivity index (χ0n) is 8.63. The molecule has 1 fully saturated rings. The Kier molecular flexibility index (Phi) is 6.45. The molecule has 4 heteroatoms. The van der Waals surface area contributed by atoms with E-state index in [-0.39, 0.29) is 24.0 Å². The Hall–Kier alpha value is 0. The fourth-order valence-electron chi connectivity index (χ4n) is 1.54. The molecule has 78 valence electrons. The van der Waals surface area contributed by atoms with Crippen LogP contribution in [0.5, 0.6) is 0 Å². The van der Waals surface area contributed by atoms with Gasteiger partial charge in [0.05, 0.1) is 0 Å². The van der Waals surface area contributed by atoms with Crippen molar-refractivity contribution >= 4 is 29.9 Å². The first kappa shape index (κ1) is 13.0. The average molecular weight is 297 g/mol. The third-order valence-electron chi connectivity index (χ3n) is 2.36. The summed E-state index contributed by atoms with van der Waals surface area (Å²) in [5.41, 5.74) is 0. The second kappa shape index (κ2) is 6.45. The third-order valence-corrected chi connectivity index (χ3v) is 2.36. The molecule has 13 heavy (non-hydrogen) atoms. The largest absolute Gasteiger partial charge is 0.359 e. The molecule has 0 heterocycles. The summed E-state index contributed by atoms with van der Waals surface area (Å²) in [6, 6.07) is 0.677. The smallest absolute Gasteiger partial charge is 0.190 e. The Balaban J connectivity index is 0.00000144. The second-order valence-corrected chi connectivity index (χ2v) is 3.36. The van der Waals surface area contributed by atoms with Crippen molar-refractivity contribution in [2.24, 2.45) is 10.9 Å². The maximum absolute atomic E-state index is 4.08. The third kappa shape index (κ3) is 4.15. The van der Waals surface area contributed by atoms with Gasteiger partial charge < -0.3 is 10.6 Å². The lowest BCUT2D eigenvalue weighted by Gasteiger charge is -2.07. The highest BCUT2D eigenvalue weighted by atomic mass is 127. The summed E-state index contributed by atoms with van der Waals surface area (Å²) in [6.07, 6.45) is 3.95. The maximum Gasteiger partial charge on any atom is 0.190 e. The molecule has 0 amide bonds. The molecule has 0 spiro atoms. The van der Waals surface area contributed by atoms with Gasteiger partial charge in [-0.05, 0) is 18.8 Å². The van der Waals surface area contributed by atoms with Crippen molar-refractivity contribution in [3.05, 3.63) is 0 Å². The Morgan fingerprint density at radius 3 is 2.69 bits per heavy atom. The maximum atomic E-state index is 4.08. The number of nitrogens with zero attached hydrogens (tertiary/aromatic N) is 1. The average Bonchev–Trinajstić information content (AvgIpc) is 2.80. The van der Waals surface area contributed by atoms with Crippen molar-refractivity contribution in [2.45, 2.75) is 32.2 Å². The molecule has 0 bridgehead atoms. The molecule has 1 saturated carbocycles. The minimum atomic E-state index is 0. The van der Waals surface area contributed by atoms with Crippen LogP contribution in [0.15, 0.2) is 4.99 Å². The lowest BCUT2D eigenvalue weighted by molar-refractivity contribution is 0.658. The normalized spacial score (nSPS) is 26.2. The van der Waals surface area contributed by atoms with Crippen LogP contribution in [0.1, 0.15) is 26.2 Å². The van der Waals surface area contributed by atoms with Crippen LogP contribution in [0.4, 0.5) is 0 Å². The van der Waals surface area contributed by atoms with Crippen molar-refractivity contribution < 1.29 is 0 Å². The first-order chi connectivity index (χ1) is 5.81. The predicted octanol–water partition coefficient (Wildman–Crippen LogP) is 1.59. The van der Waals surface area contributed by atoms with Gasteiger partial charge in [-0.3, -0.25) is 4.99 Å². The molecule has 1 aliphatic rings. The van der Waals surface area contributed by atoms with E-state index < -0.39 is 0 Å². The van der Waals surface area contributed by atoms with E-state index in [0.717, 1.165) is 11.9 Å². The molecule has 0 aliphatic heterocycles. The zero-order chi connectivity index (χ0) is 8.97. The Morgan fingerprint density at radius 2 is 2.23 bits per heavy atom. The quantitative estimate of drug-likeness (QED) is 0.471. The van der Waals surface area contributed by atoms with Crippen LogP contribution < -0.4 is 10.6 Å². The van der Waals surface area contributed by atoms with Gasteiger partial charge in [-0.1, -0.05) is 13.3 Å². The van der Waals surface area contributed by atoms with Crippen molar-refractivity contribution in [1.82, 2.24) is 10.6 Å². The SMILES string of the molecule is CCC[C@@H]1C[C@H]1NC(=NC)NC.I. The van der Waals surface area contributed by atoms with Gasteiger partial charge >= 0.3 is 0 Å². The van der Waals surface area contributed by atoms with Crippen molar-refractivity contribution in [3.8, 4) is 0 Å². The van der Waals surface area contributed by atoms with Crippen LogP contribution >= 0.6 is 24.0 Å². The molecule has 0 aromatic heterocycles. The molecule has 3 nitrogen and oxygen atoms in total. The van der Waals surface area contributed by atoms with E-state index in [4.69, 9.17) is 0 Å². The summed E-state index contributed by atoms with van der Waals surface area (Å²) in [5.74, 6) is 1.80. The summed E-state index contributed by atoms with van der Waals surface area (Å²) >= 11 is 0. The number of hydrogen-bond donors (Lipinski definition) is 2. The summed E-state index contributed by atoms with van der Waals surface area (Å²) in [5, 5.41) is 6.39. The summed E-state index contributed by atoms with van der Waals surface area (Å²) < 4.78 is 0. The molecular formula is C9H20IN3. The monoisotopic (exact) mass is 297 g/mol. The topological polar surface area (TPSA) is 36.4 Å². The zero-order valence-corrected chi connectivity index (χ0v) is 11.0. The van der Waals surface area contributed by atoms with E-state index in [1.165, 1.54) is 19.3 Å². The lowest BCUT2D eigenvalue weighted by atomic mass is 10.2. The molecule has 0 unspecified atom stereocenters. The van der Waals surface area contributed by atoms with Gasteiger partial charge in [-0.25, -0.2) is 0 Å². The molecule has 2 N–H and O–H groups in total. The van der Waals surface area contributed by atoms with E-state index >= 15 is 0 Å². The Labute approximate surface area is 97.8 Å². The van der Waals surface area contributed by atoms with Crippen molar-refractivity contribution in [3.63, 3.8) is 0 Å². The lowest BCUT2D eigenvalue weighted by Crippen LogP contribution is -2.36. The van der Waals surface area contributed by atoms with Crippen LogP contribution in [0.25, 0.3) is 0 Å². The highest BCUT2D eigenvalue weighted by molar-refractivity contribution is 14.0. The van der Waals surface area contributed by atoms with Gasteiger partial charge in [0.1, 0.15) is 0 Å². The van der Waals surface area contributed by atoms with E-state index in [9.17, 15) is 0 Å². The van der Waals surface area contributed by atoms with Gasteiger partial charge in [0.2, 0.25) is 0 Å². The van der Waals surface area contributed by atoms with Crippen LogP contribution in [-0.2, 0) is 0 Å². The van der Waals surface area contributed by atoms with Gasteiger partial charge in [-0.2, -0.15) is 0 Å². The van der Waals surface area contributed by atoms with Gasteiger partial charge in [0.15, 0.2) is 5.96 Å². The van der Waals surface area contributed by atoms with Crippen LogP contribution in [0.3, 0.4) is 0 Å². The first-order valence-electron chi connectivity index (χ1n) is 4.72. The molecule has 1 aliphatic carbocycles. The molecule has 1 rings (SSSR count). The number of guanidine groups is 1. The second-order valence-electron chi connectivity index (χ2n) is 3.36. The number of hydrogen-bond acceptors (Lipinski definition) is 1. The van der Waals surface area contributed by atoms with Crippen LogP contribution in [-0.4, -0.2) is 26.1 Å². The van der Waals surface area contributed by atoms with Crippen molar-refractivity contribution in [2.75, 3.05) is 14.1 Å². The minimum absolute atomic E-state index is 0. The van der Waals surface area contributed by atoms with E-state index in [1.807, 2.05) is 7.05 Å². The van der Waals surface area contributed by atoms with Gasteiger partial charge in [0.25, 0.3) is 0 Å². The summed E-state index contributed by atoms with van der Waals surface area (Å²) in [6.45, 7) is 2.24. The van der Waals surface area contributed by atoms with Crippen LogP contribution in [0.2, 0.25) is 0 Å². The first-order valence-corrected chi connectivity index (χ1v) is 4.72. The van der Waals surface area contributed by atoms with Gasteiger partial charge in [-0.15, -0.1) is 24.0 Å². The molecule has 0 radical (unpaired) electrons. The number of rotatable bonds is 3. The Bertz CT molecular complexity index is 170. The number of nitrogens with one attached hydrogen (secondary N) is 2.